The zero-order valence-corrected chi connectivity index (χ0v) is 55.6. The Balaban J connectivity index is 4.21. The fourth-order valence-corrected chi connectivity index (χ4v) is 12.0. The van der Waals surface area contributed by atoms with E-state index >= 15 is 0 Å². The molecule has 0 spiro atoms. The summed E-state index contributed by atoms with van der Waals surface area (Å²) in [5.74, 6) is -0.815. The predicted octanol–water partition coefficient (Wildman–Crippen LogP) is 25.8. The number of carbonyl (C=O) groups excluding carboxylic acids is 3. The lowest BCUT2D eigenvalue weighted by Crippen LogP contribution is -2.30. The molecule has 0 aliphatic carbocycles. The van der Waals surface area contributed by atoms with Crippen LogP contribution in [0.5, 0.6) is 0 Å². The van der Waals surface area contributed by atoms with Crippen molar-refractivity contribution in [1.82, 2.24) is 0 Å². The van der Waals surface area contributed by atoms with Crippen molar-refractivity contribution >= 4 is 17.9 Å². The van der Waals surface area contributed by atoms with Gasteiger partial charge in [-0.3, -0.25) is 14.4 Å². The van der Waals surface area contributed by atoms with Crippen LogP contribution in [0, 0.1) is 0 Å². The van der Waals surface area contributed by atoms with Crippen molar-refractivity contribution in [2.45, 2.75) is 451 Å². The van der Waals surface area contributed by atoms with E-state index < -0.39 is 6.10 Å². The van der Waals surface area contributed by atoms with Crippen LogP contribution in [0.4, 0.5) is 0 Å². The molecule has 0 saturated carbocycles. The summed E-state index contributed by atoms with van der Waals surface area (Å²) in [4.78, 5) is 38.5. The summed E-state index contributed by atoms with van der Waals surface area (Å²) in [6, 6.07) is 0. The van der Waals surface area contributed by atoms with E-state index in [0.717, 1.165) is 57.8 Å². The molecule has 6 nitrogen and oxygen atoms in total. The quantitative estimate of drug-likeness (QED) is 0.0343. The number of rotatable bonds is 71. The molecule has 0 radical (unpaired) electrons. The normalized spacial score (nSPS) is 11.9. The first kappa shape index (κ1) is 79.4. The van der Waals surface area contributed by atoms with E-state index in [1.165, 1.54) is 347 Å². The molecule has 482 valence electrons. The number of hydrogen-bond acceptors (Lipinski definition) is 6. The maximum Gasteiger partial charge on any atom is 0.306 e. The summed E-state index contributed by atoms with van der Waals surface area (Å²) in [5, 5.41) is 0. The SMILES string of the molecule is CCCCCCCCCCCCCCCCCCCCCCCCCCCC(=O)OCC(COC(=O)CCCCCCCCCCCCCCCCC)OC(=O)CCCCCCCCCCCCCCCCCCCCCCCCC. The molecule has 0 bridgehead atoms. The highest BCUT2D eigenvalue weighted by atomic mass is 16.6. The molecule has 0 N–H and O–H groups in total. The molecular weight excluding hydrogens is 997 g/mol. The smallest absolute Gasteiger partial charge is 0.306 e. The van der Waals surface area contributed by atoms with Crippen molar-refractivity contribution in [2.24, 2.45) is 0 Å². The largest absolute Gasteiger partial charge is 0.462 e. The molecule has 0 aromatic carbocycles. The summed E-state index contributed by atoms with van der Waals surface area (Å²) in [7, 11) is 0. The van der Waals surface area contributed by atoms with Crippen molar-refractivity contribution < 1.29 is 28.6 Å². The minimum absolute atomic E-state index is 0.0599. The van der Waals surface area contributed by atoms with Crippen molar-refractivity contribution in [3.05, 3.63) is 0 Å². The Morgan fingerprint density at radius 2 is 0.333 bits per heavy atom. The van der Waals surface area contributed by atoms with Gasteiger partial charge in [-0.15, -0.1) is 0 Å². The van der Waals surface area contributed by atoms with Gasteiger partial charge in [0.15, 0.2) is 6.10 Å². The van der Waals surface area contributed by atoms with Crippen LogP contribution in [0.3, 0.4) is 0 Å². The molecule has 0 aromatic rings. The lowest BCUT2D eigenvalue weighted by Gasteiger charge is -2.18. The molecule has 0 saturated heterocycles. The molecule has 81 heavy (non-hydrogen) atoms. The third-order valence-electron chi connectivity index (χ3n) is 17.6. The average molecular weight is 1140 g/mol. The predicted molar refractivity (Wildman–Crippen MR) is 354 cm³/mol. The molecule has 0 heterocycles. The van der Waals surface area contributed by atoms with Gasteiger partial charge in [-0.1, -0.05) is 406 Å². The van der Waals surface area contributed by atoms with Gasteiger partial charge in [0.25, 0.3) is 0 Å². The number of esters is 3. The van der Waals surface area contributed by atoms with Crippen LogP contribution in [0.2, 0.25) is 0 Å². The lowest BCUT2D eigenvalue weighted by molar-refractivity contribution is -0.167. The van der Waals surface area contributed by atoms with Crippen LogP contribution >= 0.6 is 0 Å². The standard InChI is InChI=1S/C75H146O6/c1-4-7-10-13-16-19-22-25-28-30-32-34-36-37-39-40-42-44-47-50-53-56-59-62-65-68-74(77)80-71-72(70-79-73(76)67-64-61-58-55-52-49-46-27-24-21-18-15-12-9-6-3)81-75(78)69-66-63-60-57-54-51-48-45-43-41-38-35-33-31-29-26-23-20-17-14-11-8-5-2/h72H,4-71H2,1-3H3. The van der Waals surface area contributed by atoms with Crippen LogP contribution in [0.1, 0.15) is 445 Å². The Labute approximate surface area is 508 Å². The fourth-order valence-electron chi connectivity index (χ4n) is 12.0. The number of unbranched alkanes of at least 4 members (excludes halogenated alkanes) is 60. The first-order valence-electron chi connectivity index (χ1n) is 37.5. The van der Waals surface area contributed by atoms with Crippen molar-refractivity contribution in [1.29, 1.82) is 0 Å². The summed E-state index contributed by atoms with van der Waals surface area (Å²) in [6.07, 6.45) is 84.3. The molecular formula is C75H146O6. The first-order valence-corrected chi connectivity index (χ1v) is 37.5. The second-order valence-electron chi connectivity index (χ2n) is 25.9. The van der Waals surface area contributed by atoms with Gasteiger partial charge in [0.1, 0.15) is 13.2 Å². The van der Waals surface area contributed by atoms with Crippen molar-refractivity contribution in [3.8, 4) is 0 Å². The van der Waals surface area contributed by atoms with Crippen LogP contribution in [0.25, 0.3) is 0 Å². The van der Waals surface area contributed by atoms with Crippen LogP contribution < -0.4 is 0 Å². The summed E-state index contributed by atoms with van der Waals surface area (Å²) < 4.78 is 17.0. The highest BCUT2D eigenvalue weighted by Crippen LogP contribution is 2.20. The van der Waals surface area contributed by atoms with Crippen LogP contribution in [-0.2, 0) is 28.6 Å². The van der Waals surface area contributed by atoms with E-state index in [2.05, 4.69) is 20.8 Å². The van der Waals surface area contributed by atoms with E-state index in [1.54, 1.807) is 0 Å². The summed E-state index contributed by atoms with van der Waals surface area (Å²) in [6.45, 7) is 6.76. The van der Waals surface area contributed by atoms with Crippen LogP contribution in [-0.4, -0.2) is 37.2 Å². The topological polar surface area (TPSA) is 78.9 Å². The third kappa shape index (κ3) is 69.1. The third-order valence-corrected chi connectivity index (χ3v) is 17.6. The minimum Gasteiger partial charge on any atom is -0.462 e. The Morgan fingerprint density at radius 1 is 0.198 bits per heavy atom. The summed E-state index contributed by atoms with van der Waals surface area (Å²) in [5.41, 5.74) is 0. The maximum atomic E-state index is 13.0. The van der Waals surface area contributed by atoms with E-state index in [4.69, 9.17) is 14.2 Å². The Hall–Kier alpha value is -1.59. The van der Waals surface area contributed by atoms with Gasteiger partial charge in [-0.2, -0.15) is 0 Å². The Bertz CT molecular complexity index is 1220. The van der Waals surface area contributed by atoms with Crippen molar-refractivity contribution in [3.63, 3.8) is 0 Å². The van der Waals surface area contributed by atoms with E-state index in [0.29, 0.717) is 19.3 Å². The molecule has 6 heteroatoms. The van der Waals surface area contributed by atoms with E-state index in [-0.39, 0.29) is 31.1 Å². The molecule has 0 aliphatic heterocycles. The molecule has 0 aliphatic rings. The minimum atomic E-state index is -0.764. The van der Waals surface area contributed by atoms with Gasteiger partial charge in [0, 0.05) is 19.3 Å². The molecule has 0 rings (SSSR count). The molecule has 0 aromatic heterocycles. The molecule has 0 fully saturated rings. The van der Waals surface area contributed by atoms with Gasteiger partial charge in [-0.25, -0.2) is 0 Å². The fraction of sp³-hybridized carbons (Fsp3) is 0.960. The Kier molecular flexibility index (Phi) is 69.5. The molecule has 0 amide bonds. The number of carbonyl (C=O) groups is 3. The summed E-state index contributed by atoms with van der Waals surface area (Å²) >= 11 is 0. The van der Waals surface area contributed by atoms with Gasteiger partial charge in [0.05, 0.1) is 0 Å². The Morgan fingerprint density at radius 3 is 0.494 bits per heavy atom. The van der Waals surface area contributed by atoms with Gasteiger partial charge >= 0.3 is 17.9 Å². The monoisotopic (exact) mass is 1140 g/mol. The second-order valence-corrected chi connectivity index (χ2v) is 25.9. The van der Waals surface area contributed by atoms with E-state index in [1.807, 2.05) is 0 Å². The highest BCUT2D eigenvalue weighted by Gasteiger charge is 2.20. The zero-order valence-electron chi connectivity index (χ0n) is 55.6. The van der Waals surface area contributed by atoms with Gasteiger partial charge in [0.2, 0.25) is 0 Å². The molecule has 1 atom stereocenters. The van der Waals surface area contributed by atoms with Gasteiger partial charge < -0.3 is 14.2 Å². The highest BCUT2D eigenvalue weighted by molar-refractivity contribution is 5.71. The second kappa shape index (κ2) is 70.9. The number of ether oxygens (including phenoxy) is 3. The van der Waals surface area contributed by atoms with Crippen molar-refractivity contribution in [2.75, 3.05) is 13.2 Å². The van der Waals surface area contributed by atoms with Gasteiger partial charge in [-0.05, 0) is 19.3 Å². The average Bonchev–Trinajstić information content (AvgIpc) is 3.47. The number of hydrogen-bond donors (Lipinski definition) is 0. The zero-order chi connectivity index (χ0) is 58.5. The van der Waals surface area contributed by atoms with Crippen LogP contribution in [0.15, 0.2) is 0 Å². The van der Waals surface area contributed by atoms with E-state index in [9.17, 15) is 14.4 Å². The first-order chi connectivity index (χ1) is 40.0. The maximum absolute atomic E-state index is 13.0. The lowest BCUT2D eigenvalue weighted by atomic mass is 10.0. The molecule has 1 unspecified atom stereocenters.